The van der Waals surface area contributed by atoms with Crippen LogP contribution in [0, 0.1) is 0 Å². The minimum atomic E-state index is -0.786. The lowest BCUT2D eigenvalue weighted by Gasteiger charge is -2.22. The summed E-state index contributed by atoms with van der Waals surface area (Å²) in [5.74, 6) is 0. The molecule has 0 bridgehead atoms. The van der Waals surface area contributed by atoms with Crippen LogP contribution in [0.5, 0.6) is 0 Å². The van der Waals surface area contributed by atoms with Crippen molar-refractivity contribution in [1.29, 1.82) is 0 Å². The van der Waals surface area contributed by atoms with Gasteiger partial charge in [0.25, 0.3) is 0 Å². The van der Waals surface area contributed by atoms with Crippen molar-refractivity contribution in [1.82, 2.24) is 0 Å². The molecule has 1 aliphatic heterocycles. The van der Waals surface area contributed by atoms with E-state index in [1.54, 1.807) is 18.2 Å². The number of ether oxygens (including phenoxy) is 1. The number of hydrogen-bond donors (Lipinski definition) is 3. The maximum atomic E-state index is 10.0. The Morgan fingerprint density at radius 1 is 1.56 bits per heavy atom. The molecule has 0 radical (unpaired) electrons. The number of nitrogen functional groups attached to an aromatic ring is 1. The number of halogens is 1. The average Bonchev–Trinajstić information content (AvgIpc) is 2.64. The standard InChI is InChI=1S/C11H15ClN2O2/c12-8-1-2-10(9(13)5-8)14-6-11(15)3-4-16-7-11/h1-2,5,14-15H,3-4,6-7,13H2. The smallest absolute Gasteiger partial charge is 0.107 e. The third kappa shape index (κ3) is 2.58. The van der Waals surface area contributed by atoms with Gasteiger partial charge < -0.3 is 20.9 Å². The molecule has 1 fully saturated rings. The molecule has 5 heteroatoms. The summed E-state index contributed by atoms with van der Waals surface area (Å²) in [7, 11) is 0. The number of anilines is 2. The van der Waals surface area contributed by atoms with Gasteiger partial charge in [-0.1, -0.05) is 11.6 Å². The van der Waals surface area contributed by atoms with Crippen LogP contribution in [-0.2, 0) is 4.74 Å². The van der Waals surface area contributed by atoms with Gasteiger partial charge in [-0.05, 0) is 18.2 Å². The van der Waals surface area contributed by atoms with E-state index in [2.05, 4.69) is 5.32 Å². The van der Waals surface area contributed by atoms with Crippen molar-refractivity contribution in [3.05, 3.63) is 23.2 Å². The van der Waals surface area contributed by atoms with E-state index in [1.165, 1.54) is 0 Å². The van der Waals surface area contributed by atoms with E-state index >= 15 is 0 Å². The molecule has 0 saturated carbocycles. The molecule has 1 aromatic carbocycles. The van der Waals surface area contributed by atoms with Gasteiger partial charge in [0, 0.05) is 24.6 Å². The van der Waals surface area contributed by atoms with Gasteiger partial charge in [0.05, 0.1) is 18.0 Å². The summed E-state index contributed by atoms with van der Waals surface area (Å²) < 4.78 is 5.16. The fraction of sp³-hybridized carbons (Fsp3) is 0.455. The first-order chi connectivity index (χ1) is 7.59. The second kappa shape index (κ2) is 4.49. The zero-order chi connectivity index (χ0) is 11.6. The first-order valence-electron chi connectivity index (χ1n) is 5.18. The summed E-state index contributed by atoms with van der Waals surface area (Å²) in [6.45, 7) is 1.40. The van der Waals surface area contributed by atoms with Crippen molar-refractivity contribution in [3.63, 3.8) is 0 Å². The monoisotopic (exact) mass is 242 g/mol. The van der Waals surface area contributed by atoms with Crippen molar-refractivity contribution in [2.75, 3.05) is 30.8 Å². The Balaban J connectivity index is 1.99. The lowest BCUT2D eigenvalue weighted by atomic mass is 10.0. The Bertz CT molecular complexity index is 378. The van der Waals surface area contributed by atoms with Crippen molar-refractivity contribution in [2.45, 2.75) is 12.0 Å². The number of rotatable bonds is 3. The molecular weight excluding hydrogens is 228 g/mol. The number of nitrogens with one attached hydrogen (secondary N) is 1. The maximum absolute atomic E-state index is 10.0. The van der Waals surface area contributed by atoms with Crippen LogP contribution in [0.1, 0.15) is 6.42 Å². The van der Waals surface area contributed by atoms with E-state index < -0.39 is 5.60 Å². The third-order valence-electron chi connectivity index (χ3n) is 2.70. The van der Waals surface area contributed by atoms with Crippen LogP contribution in [0.2, 0.25) is 5.02 Å². The Kier molecular flexibility index (Phi) is 3.23. The van der Waals surface area contributed by atoms with Crippen LogP contribution in [0.15, 0.2) is 18.2 Å². The molecule has 4 N–H and O–H groups in total. The van der Waals surface area contributed by atoms with Crippen LogP contribution in [0.3, 0.4) is 0 Å². The van der Waals surface area contributed by atoms with E-state index in [9.17, 15) is 5.11 Å². The van der Waals surface area contributed by atoms with E-state index in [0.29, 0.717) is 36.9 Å². The van der Waals surface area contributed by atoms with Crippen LogP contribution < -0.4 is 11.1 Å². The molecule has 4 nitrogen and oxygen atoms in total. The van der Waals surface area contributed by atoms with E-state index in [4.69, 9.17) is 22.1 Å². The Morgan fingerprint density at radius 2 is 2.38 bits per heavy atom. The zero-order valence-corrected chi connectivity index (χ0v) is 9.63. The molecule has 0 amide bonds. The molecule has 88 valence electrons. The number of hydrogen-bond acceptors (Lipinski definition) is 4. The van der Waals surface area contributed by atoms with Crippen molar-refractivity contribution >= 4 is 23.0 Å². The van der Waals surface area contributed by atoms with Gasteiger partial charge in [-0.3, -0.25) is 0 Å². The third-order valence-corrected chi connectivity index (χ3v) is 2.94. The predicted octanol–water partition coefficient (Wildman–Crippen LogP) is 1.49. The van der Waals surface area contributed by atoms with Gasteiger partial charge in [-0.2, -0.15) is 0 Å². The van der Waals surface area contributed by atoms with Gasteiger partial charge >= 0.3 is 0 Å². The molecule has 0 spiro atoms. The van der Waals surface area contributed by atoms with Crippen LogP contribution in [-0.4, -0.2) is 30.5 Å². The molecule has 1 saturated heterocycles. The Hall–Kier alpha value is -0.970. The number of aliphatic hydroxyl groups is 1. The van der Waals surface area contributed by atoms with E-state index in [1.807, 2.05) is 0 Å². The molecule has 2 rings (SSSR count). The Labute approximate surface area is 99.4 Å². The molecule has 1 unspecified atom stereocenters. The summed E-state index contributed by atoms with van der Waals surface area (Å²) in [5.41, 5.74) is 6.36. The van der Waals surface area contributed by atoms with Crippen molar-refractivity contribution < 1.29 is 9.84 Å². The minimum absolute atomic E-state index is 0.369. The predicted molar refractivity (Wildman–Crippen MR) is 64.7 cm³/mol. The van der Waals surface area contributed by atoms with Crippen LogP contribution >= 0.6 is 11.6 Å². The average molecular weight is 243 g/mol. The molecule has 0 aliphatic carbocycles. The second-order valence-corrected chi connectivity index (χ2v) is 4.55. The maximum Gasteiger partial charge on any atom is 0.107 e. The highest BCUT2D eigenvalue weighted by Gasteiger charge is 2.31. The molecule has 1 aliphatic rings. The zero-order valence-electron chi connectivity index (χ0n) is 8.87. The second-order valence-electron chi connectivity index (χ2n) is 4.11. The lowest BCUT2D eigenvalue weighted by Crippen LogP contribution is -2.37. The summed E-state index contributed by atoms with van der Waals surface area (Å²) in [6, 6.07) is 5.24. The topological polar surface area (TPSA) is 67.5 Å². The normalized spacial score (nSPS) is 24.6. The van der Waals surface area contributed by atoms with Gasteiger partial charge in [-0.15, -0.1) is 0 Å². The largest absolute Gasteiger partial charge is 0.397 e. The molecule has 16 heavy (non-hydrogen) atoms. The SMILES string of the molecule is Nc1cc(Cl)ccc1NCC1(O)CCOC1. The highest BCUT2D eigenvalue weighted by Crippen LogP contribution is 2.25. The van der Waals surface area contributed by atoms with Gasteiger partial charge in [0.15, 0.2) is 0 Å². The highest BCUT2D eigenvalue weighted by atomic mass is 35.5. The van der Waals surface area contributed by atoms with Gasteiger partial charge in [-0.25, -0.2) is 0 Å². The van der Waals surface area contributed by atoms with Crippen LogP contribution in [0.25, 0.3) is 0 Å². The quantitative estimate of drug-likeness (QED) is 0.703. The first-order valence-corrected chi connectivity index (χ1v) is 5.56. The molecule has 1 atom stereocenters. The first kappa shape index (κ1) is 11.5. The fourth-order valence-electron chi connectivity index (χ4n) is 1.69. The van der Waals surface area contributed by atoms with Crippen LogP contribution in [0.4, 0.5) is 11.4 Å². The summed E-state index contributed by atoms with van der Waals surface area (Å²) >= 11 is 5.79. The summed E-state index contributed by atoms with van der Waals surface area (Å²) in [5, 5.41) is 13.8. The van der Waals surface area contributed by atoms with Gasteiger partial charge in [0.1, 0.15) is 5.60 Å². The number of nitrogens with two attached hydrogens (primary N) is 1. The number of benzene rings is 1. The van der Waals surface area contributed by atoms with E-state index in [0.717, 1.165) is 5.69 Å². The molecule has 1 aromatic rings. The summed E-state index contributed by atoms with van der Waals surface area (Å²) in [4.78, 5) is 0. The van der Waals surface area contributed by atoms with E-state index in [-0.39, 0.29) is 0 Å². The molecule has 1 heterocycles. The molecule has 0 aromatic heterocycles. The lowest BCUT2D eigenvalue weighted by molar-refractivity contribution is 0.0382. The molecular formula is C11H15ClN2O2. The van der Waals surface area contributed by atoms with Gasteiger partial charge in [0.2, 0.25) is 0 Å². The Morgan fingerprint density at radius 3 is 3.00 bits per heavy atom. The highest BCUT2D eigenvalue weighted by molar-refractivity contribution is 6.31. The minimum Gasteiger partial charge on any atom is -0.397 e. The fourth-order valence-corrected chi connectivity index (χ4v) is 1.87. The summed E-state index contributed by atoms with van der Waals surface area (Å²) in [6.07, 6.45) is 0.646. The van der Waals surface area contributed by atoms with Crippen molar-refractivity contribution in [2.24, 2.45) is 0 Å². The van der Waals surface area contributed by atoms with Crippen molar-refractivity contribution in [3.8, 4) is 0 Å².